The second-order valence-electron chi connectivity index (χ2n) is 11.9. The van der Waals surface area contributed by atoms with Crippen LogP contribution in [0, 0.1) is 5.92 Å². The Bertz CT molecular complexity index is 1140. The van der Waals surface area contributed by atoms with Crippen LogP contribution in [0.4, 0.5) is 5.69 Å². The molecule has 2 aliphatic heterocycles. The predicted octanol–water partition coefficient (Wildman–Crippen LogP) is 3.59. The molecule has 2 heterocycles. The maximum Gasteiger partial charge on any atom is 0.248 e. The Labute approximate surface area is 250 Å². The maximum atomic E-state index is 12.4. The van der Waals surface area contributed by atoms with E-state index < -0.39 is 0 Å². The first-order valence-electron chi connectivity index (χ1n) is 15.3. The fourth-order valence-electron chi connectivity index (χ4n) is 5.63. The maximum absolute atomic E-state index is 12.4. The van der Waals surface area contributed by atoms with Crippen molar-refractivity contribution < 1.29 is 28.5 Å². The molecular formula is C33H47N3O6. The van der Waals surface area contributed by atoms with Gasteiger partial charge in [-0.1, -0.05) is 30.3 Å². The van der Waals surface area contributed by atoms with Gasteiger partial charge in [0.15, 0.2) is 0 Å². The third-order valence-corrected chi connectivity index (χ3v) is 8.32. The van der Waals surface area contributed by atoms with Crippen LogP contribution in [0.2, 0.25) is 0 Å². The monoisotopic (exact) mass is 581 g/mol. The van der Waals surface area contributed by atoms with E-state index in [4.69, 9.17) is 23.7 Å². The number of rotatable bonds is 15. The van der Waals surface area contributed by atoms with E-state index in [2.05, 4.69) is 52.7 Å². The summed E-state index contributed by atoms with van der Waals surface area (Å²) in [7, 11) is 5.24. The highest BCUT2D eigenvalue weighted by Crippen LogP contribution is 2.35. The van der Waals surface area contributed by atoms with Crippen LogP contribution >= 0.6 is 0 Å². The molecule has 3 atom stereocenters. The molecule has 1 saturated heterocycles. The molecule has 230 valence electrons. The van der Waals surface area contributed by atoms with Crippen molar-refractivity contribution in [3.05, 3.63) is 59.2 Å². The zero-order valence-corrected chi connectivity index (χ0v) is 25.4. The van der Waals surface area contributed by atoms with E-state index in [9.17, 15) is 4.79 Å². The highest BCUT2D eigenvalue weighted by atomic mass is 16.5. The van der Waals surface area contributed by atoms with Crippen LogP contribution < -0.4 is 15.0 Å². The number of hydrogen-bond donors (Lipinski definition) is 1. The summed E-state index contributed by atoms with van der Waals surface area (Å²) in [6, 6.07) is 14.9. The fourth-order valence-corrected chi connectivity index (χ4v) is 5.63. The van der Waals surface area contributed by atoms with Crippen LogP contribution in [0.3, 0.4) is 0 Å². The van der Waals surface area contributed by atoms with Crippen molar-refractivity contribution in [2.75, 3.05) is 78.7 Å². The van der Waals surface area contributed by atoms with Gasteiger partial charge in [-0.2, -0.15) is 0 Å². The van der Waals surface area contributed by atoms with Gasteiger partial charge in [0.05, 0.1) is 37.7 Å². The molecule has 1 saturated carbocycles. The molecule has 0 aromatic heterocycles. The van der Waals surface area contributed by atoms with Gasteiger partial charge in [-0.05, 0) is 54.0 Å². The van der Waals surface area contributed by atoms with Crippen molar-refractivity contribution in [2.24, 2.45) is 5.92 Å². The third-order valence-electron chi connectivity index (χ3n) is 8.32. The van der Waals surface area contributed by atoms with Crippen molar-refractivity contribution in [1.29, 1.82) is 0 Å². The number of ether oxygens (including phenoxy) is 5. The predicted molar refractivity (Wildman–Crippen MR) is 162 cm³/mol. The van der Waals surface area contributed by atoms with Crippen LogP contribution in [0.5, 0.6) is 5.75 Å². The van der Waals surface area contributed by atoms with Crippen LogP contribution in [0.15, 0.2) is 42.5 Å². The van der Waals surface area contributed by atoms with E-state index in [0.717, 1.165) is 66.8 Å². The minimum absolute atomic E-state index is 0.0193. The topological polar surface area (TPSA) is 81.7 Å². The van der Waals surface area contributed by atoms with E-state index in [0.29, 0.717) is 32.9 Å². The number of fused-ring (bicyclic) bond motifs is 1. The number of anilines is 1. The molecule has 2 aromatic rings. The lowest BCUT2D eigenvalue weighted by Crippen LogP contribution is -2.51. The first-order chi connectivity index (χ1) is 20.5. The van der Waals surface area contributed by atoms with Crippen molar-refractivity contribution in [1.82, 2.24) is 10.2 Å². The molecule has 1 N–H and O–H groups in total. The normalized spacial score (nSPS) is 22.0. The van der Waals surface area contributed by atoms with Crippen molar-refractivity contribution in [2.45, 2.75) is 50.6 Å². The number of carbonyl (C=O) groups excluding carboxylic acids is 1. The van der Waals surface area contributed by atoms with E-state index in [1.165, 1.54) is 12.8 Å². The van der Waals surface area contributed by atoms with Crippen LogP contribution in [0.1, 0.15) is 41.9 Å². The summed E-state index contributed by atoms with van der Waals surface area (Å²) in [5, 5.41) is 3.48. The summed E-state index contributed by atoms with van der Waals surface area (Å²) in [5.41, 5.74) is 4.53. The number of nitrogens with one attached hydrogen (secondary N) is 1. The van der Waals surface area contributed by atoms with E-state index in [1.807, 2.05) is 0 Å². The standard InChI is InChI=1S/C33H47N3O6/c1-35(2)32(37)23-42-31-19-34-18-30(33(31)27-10-7-25(8-11-27)21-39-20-24-5-6-24)41-22-26-9-12-29-28(17-26)36(14-16-40-29)13-4-15-38-3/h7-12,17,24,30-31,33-34H,4-6,13-16,18-23H2,1-3H3/t30-,31+,33+/m0/s1. The van der Waals surface area contributed by atoms with Crippen molar-refractivity contribution in [3.8, 4) is 5.75 Å². The molecular weight excluding hydrogens is 534 g/mol. The first kappa shape index (κ1) is 30.8. The number of piperidine rings is 1. The number of benzene rings is 2. The van der Waals surface area contributed by atoms with Crippen LogP contribution in [0.25, 0.3) is 0 Å². The van der Waals surface area contributed by atoms with Gasteiger partial charge in [0.2, 0.25) is 5.91 Å². The van der Waals surface area contributed by atoms with Crippen LogP contribution in [-0.2, 0) is 37.0 Å². The number of methoxy groups -OCH3 is 1. The van der Waals surface area contributed by atoms with Crippen molar-refractivity contribution >= 4 is 11.6 Å². The molecule has 2 aromatic carbocycles. The lowest BCUT2D eigenvalue weighted by atomic mass is 9.85. The lowest BCUT2D eigenvalue weighted by molar-refractivity contribution is -0.138. The average molecular weight is 582 g/mol. The summed E-state index contributed by atoms with van der Waals surface area (Å²) in [5.74, 6) is 1.60. The second kappa shape index (κ2) is 15.2. The highest BCUT2D eigenvalue weighted by molar-refractivity contribution is 5.76. The Hall–Kier alpha value is -2.69. The minimum Gasteiger partial charge on any atom is -0.490 e. The molecule has 0 radical (unpaired) electrons. The molecule has 0 bridgehead atoms. The van der Waals surface area contributed by atoms with E-state index in [-0.39, 0.29) is 30.6 Å². The molecule has 3 aliphatic rings. The number of nitrogens with zero attached hydrogens (tertiary/aromatic N) is 2. The Kier molecular flexibility index (Phi) is 11.1. The summed E-state index contributed by atoms with van der Waals surface area (Å²) < 4.78 is 30.0. The minimum atomic E-state index is -0.196. The summed E-state index contributed by atoms with van der Waals surface area (Å²) in [4.78, 5) is 16.3. The molecule has 5 rings (SSSR count). The van der Waals surface area contributed by atoms with E-state index >= 15 is 0 Å². The number of carbonyl (C=O) groups is 1. The van der Waals surface area contributed by atoms with Gasteiger partial charge in [-0.25, -0.2) is 0 Å². The SMILES string of the molecule is COCCCN1CCOc2ccc(CO[C@H]3CNC[C@@H](OCC(=O)N(C)C)[C@@H]3c3ccc(COCC4CC4)cc3)cc21. The molecule has 9 nitrogen and oxygen atoms in total. The largest absolute Gasteiger partial charge is 0.490 e. The van der Waals surface area contributed by atoms with Crippen LogP contribution in [-0.4, -0.2) is 96.8 Å². The fraction of sp³-hybridized carbons (Fsp3) is 0.606. The number of amides is 1. The first-order valence-corrected chi connectivity index (χ1v) is 15.3. The van der Waals surface area contributed by atoms with Gasteiger partial charge in [-0.15, -0.1) is 0 Å². The molecule has 9 heteroatoms. The van der Waals surface area contributed by atoms with Gasteiger partial charge in [0, 0.05) is 60.0 Å². The average Bonchev–Trinajstić information content (AvgIpc) is 3.84. The van der Waals surface area contributed by atoms with Gasteiger partial charge < -0.3 is 38.8 Å². The molecule has 0 spiro atoms. The summed E-state index contributed by atoms with van der Waals surface area (Å²) >= 11 is 0. The summed E-state index contributed by atoms with van der Waals surface area (Å²) in [6.45, 7) is 6.57. The Morgan fingerprint density at radius 3 is 2.52 bits per heavy atom. The van der Waals surface area contributed by atoms with Gasteiger partial charge >= 0.3 is 0 Å². The Morgan fingerprint density at radius 2 is 1.79 bits per heavy atom. The molecule has 1 aliphatic carbocycles. The Morgan fingerprint density at radius 1 is 1.02 bits per heavy atom. The summed E-state index contributed by atoms with van der Waals surface area (Å²) in [6.07, 6.45) is 3.23. The quantitative estimate of drug-likeness (QED) is 0.320. The third kappa shape index (κ3) is 8.45. The smallest absolute Gasteiger partial charge is 0.248 e. The van der Waals surface area contributed by atoms with Gasteiger partial charge in [0.1, 0.15) is 19.0 Å². The van der Waals surface area contributed by atoms with Crippen molar-refractivity contribution in [3.63, 3.8) is 0 Å². The van der Waals surface area contributed by atoms with E-state index in [1.54, 1.807) is 26.1 Å². The second-order valence-corrected chi connectivity index (χ2v) is 11.9. The lowest BCUT2D eigenvalue weighted by Gasteiger charge is -2.39. The van der Waals surface area contributed by atoms with Gasteiger partial charge in [0.25, 0.3) is 0 Å². The molecule has 2 fully saturated rings. The zero-order chi connectivity index (χ0) is 29.3. The molecule has 1 amide bonds. The number of likely N-dealkylation sites (N-methyl/N-ethyl adjacent to an activating group) is 1. The Balaban J connectivity index is 1.28. The zero-order valence-electron chi connectivity index (χ0n) is 25.4. The van der Waals surface area contributed by atoms with Gasteiger partial charge in [-0.3, -0.25) is 4.79 Å². The molecule has 0 unspecified atom stereocenters. The highest BCUT2D eigenvalue weighted by Gasteiger charge is 2.36. The number of hydrogen-bond acceptors (Lipinski definition) is 8. The molecule has 42 heavy (non-hydrogen) atoms.